The molecule has 2 aromatic heterocycles. The Hall–Kier alpha value is -4.74. The van der Waals surface area contributed by atoms with Crippen LogP contribution in [0.3, 0.4) is 0 Å². The number of anilines is 1. The zero-order valence-corrected chi connectivity index (χ0v) is 18.2. The second-order valence-corrected chi connectivity index (χ2v) is 7.01. The summed E-state index contributed by atoms with van der Waals surface area (Å²) in [4.78, 5) is 66.2. The number of primary amides is 1. The SMILES string of the molecule is CC(=O)N[C@H](CCC(N)=O)C(=O)Nc1ccc(-c2ccc(C(=O)O)c(=O)[nH]2)cc1.c1c[nH]cn1. The molecule has 1 atom stereocenters. The maximum absolute atomic E-state index is 12.4. The van der Waals surface area contributed by atoms with E-state index < -0.39 is 35.3 Å². The van der Waals surface area contributed by atoms with Crippen molar-refractivity contribution >= 4 is 29.4 Å². The minimum absolute atomic E-state index is 0.0585. The van der Waals surface area contributed by atoms with Crippen LogP contribution >= 0.6 is 0 Å². The van der Waals surface area contributed by atoms with E-state index in [4.69, 9.17) is 10.8 Å². The summed E-state index contributed by atoms with van der Waals surface area (Å²) < 4.78 is 0. The third kappa shape index (κ3) is 8.07. The average Bonchev–Trinajstić information content (AvgIpc) is 3.36. The monoisotopic (exact) mass is 468 g/mol. The highest BCUT2D eigenvalue weighted by molar-refractivity contribution is 5.97. The van der Waals surface area contributed by atoms with Gasteiger partial charge in [0.15, 0.2) is 0 Å². The number of nitrogens with one attached hydrogen (secondary N) is 4. The maximum atomic E-state index is 12.4. The summed E-state index contributed by atoms with van der Waals surface area (Å²) in [5.74, 6) is -2.83. The van der Waals surface area contributed by atoms with Crippen LogP contribution in [0.25, 0.3) is 11.3 Å². The van der Waals surface area contributed by atoms with Gasteiger partial charge >= 0.3 is 5.97 Å². The fourth-order valence-electron chi connectivity index (χ4n) is 2.79. The van der Waals surface area contributed by atoms with E-state index >= 15 is 0 Å². The van der Waals surface area contributed by atoms with Gasteiger partial charge in [-0.2, -0.15) is 0 Å². The lowest BCUT2D eigenvalue weighted by Gasteiger charge is -2.17. The van der Waals surface area contributed by atoms with Crippen LogP contribution in [0.2, 0.25) is 0 Å². The van der Waals surface area contributed by atoms with E-state index in [1.54, 1.807) is 43.0 Å². The minimum Gasteiger partial charge on any atom is -0.477 e. The van der Waals surface area contributed by atoms with Gasteiger partial charge in [0.25, 0.3) is 5.56 Å². The highest BCUT2D eigenvalue weighted by atomic mass is 16.4. The van der Waals surface area contributed by atoms with Crippen molar-refractivity contribution < 1.29 is 24.3 Å². The van der Waals surface area contributed by atoms with Crippen molar-refractivity contribution in [2.24, 2.45) is 5.73 Å². The molecule has 0 fully saturated rings. The van der Waals surface area contributed by atoms with Crippen molar-refractivity contribution in [1.82, 2.24) is 20.3 Å². The van der Waals surface area contributed by atoms with Crippen LogP contribution in [0.5, 0.6) is 0 Å². The number of aromatic amines is 2. The number of benzene rings is 1. The van der Waals surface area contributed by atoms with Gasteiger partial charge in [-0.15, -0.1) is 0 Å². The number of nitrogens with zero attached hydrogens (tertiary/aromatic N) is 1. The topological polar surface area (TPSA) is 200 Å². The Labute approximate surface area is 193 Å². The Morgan fingerprint density at radius 3 is 2.29 bits per heavy atom. The smallest absolute Gasteiger partial charge is 0.341 e. The Kier molecular flexibility index (Phi) is 9.26. The van der Waals surface area contributed by atoms with Crippen LogP contribution < -0.4 is 21.9 Å². The number of hydrogen-bond donors (Lipinski definition) is 6. The summed E-state index contributed by atoms with van der Waals surface area (Å²) >= 11 is 0. The first-order valence-corrected chi connectivity index (χ1v) is 10.0. The zero-order chi connectivity index (χ0) is 25.1. The lowest BCUT2D eigenvalue weighted by atomic mass is 10.1. The van der Waals surface area contributed by atoms with Gasteiger partial charge in [-0.05, 0) is 36.2 Å². The zero-order valence-electron chi connectivity index (χ0n) is 18.2. The summed E-state index contributed by atoms with van der Waals surface area (Å²) in [5.41, 5.74) is 5.45. The van der Waals surface area contributed by atoms with E-state index in [1.807, 2.05) is 0 Å². The molecule has 0 radical (unpaired) electrons. The number of aromatic carboxylic acids is 1. The highest BCUT2D eigenvalue weighted by Gasteiger charge is 2.20. The molecule has 3 amide bonds. The number of imidazole rings is 1. The standard InChI is InChI=1S/C19H20N4O6.C3H4N2/c1-10(24)21-15(8-9-16(20)25)18(27)22-12-4-2-11(3-5-12)14-7-6-13(19(28)29)17(26)23-14;1-2-5-3-4-1/h2-7,15H,8-9H2,1H3,(H2,20,25)(H,21,24)(H,22,27)(H,23,26)(H,28,29);1-3H,(H,4,5)/t15-;/m1./s1. The van der Waals surface area contributed by atoms with Crippen molar-refractivity contribution in [3.8, 4) is 11.3 Å². The predicted octanol–water partition coefficient (Wildman–Crippen LogP) is 0.859. The Morgan fingerprint density at radius 2 is 1.82 bits per heavy atom. The molecule has 3 rings (SSSR count). The Balaban J connectivity index is 0.000000720. The largest absolute Gasteiger partial charge is 0.477 e. The molecule has 3 aromatic rings. The van der Waals surface area contributed by atoms with Crippen LogP contribution in [0, 0.1) is 0 Å². The van der Waals surface area contributed by atoms with Crippen LogP contribution in [0.4, 0.5) is 5.69 Å². The number of aromatic nitrogens is 3. The fraction of sp³-hybridized carbons (Fsp3) is 0.182. The molecule has 0 spiro atoms. The van der Waals surface area contributed by atoms with Gasteiger partial charge in [-0.25, -0.2) is 9.78 Å². The third-order valence-corrected chi connectivity index (χ3v) is 4.38. The molecule has 34 heavy (non-hydrogen) atoms. The molecule has 178 valence electrons. The summed E-state index contributed by atoms with van der Waals surface area (Å²) in [6.45, 7) is 1.26. The number of H-pyrrole nitrogens is 2. The molecular weight excluding hydrogens is 444 g/mol. The number of carbonyl (C=O) groups excluding carboxylic acids is 3. The van der Waals surface area contributed by atoms with E-state index in [-0.39, 0.29) is 18.4 Å². The molecule has 0 aliphatic rings. The molecule has 7 N–H and O–H groups in total. The molecule has 0 saturated heterocycles. The van der Waals surface area contributed by atoms with Crippen molar-refractivity contribution in [2.45, 2.75) is 25.8 Å². The van der Waals surface area contributed by atoms with Gasteiger partial charge in [-0.3, -0.25) is 19.2 Å². The molecule has 2 heterocycles. The first-order valence-electron chi connectivity index (χ1n) is 10.0. The molecule has 0 aliphatic carbocycles. The normalized spacial score (nSPS) is 10.9. The van der Waals surface area contributed by atoms with Crippen LogP contribution in [0.1, 0.15) is 30.1 Å². The van der Waals surface area contributed by atoms with Crippen LogP contribution in [-0.2, 0) is 14.4 Å². The third-order valence-electron chi connectivity index (χ3n) is 4.38. The Morgan fingerprint density at radius 1 is 1.12 bits per heavy atom. The van der Waals surface area contributed by atoms with E-state index in [0.29, 0.717) is 16.9 Å². The number of pyridine rings is 1. The lowest BCUT2D eigenvalue weighted by Crippen LogP contribution is -2.43. The number of amides is 3. The van der Waals surface area contributed by atoms with Gasteiger partial charge in [0.1, 0.15) is 11.6 Å². The van der Waals surface area contributed by atoms with Gasteiger partial charge in [0, 0.05) is 37.1 Å². The van der Waals surface area contributed by atoms with E-state index in [9.17, 15) is 24.0 Å². The van der Waals surface area contributed by atoms with Gasteiger partial charge < -0.3 is 31.4 Å². The molecule has 0 unspecified atom stereocenters. The molecule has 0 saturated carbocycles. The van der Waals surface area contributed by atoms with Crippen molar-refractivity contribution in [3.05, 3.63) is 71.0 Å². The fourth-order valence-corrected chi connectivity index (χ4v) is 2.79. The molecule has 1 aromatic carbocycles. The van der Waals surface area contributed by atoms with Crippen LogP contribution in [0.15, 0.2) is 59.9 Å². The van der Waals surface area contributed by atoms with Gasteiger partial charge in [0.2, 0.25) is 17.7 Å². The van der Waals surface area contributed by atoms with Crippen molar-refractivity contribution in [2.75, 3.05) is 5.32 Å². The maximum Gasteiger partial charge on any atom is 0.341 e. The average molecular weight is 468 g/mol. The van der Waals surface area contributed by atoms with Gasteiger partial charge in [0.05, 0.1) is 6.33 Å². The van der Waals surface area contributed by atoms with Crippen molar-refractivity contribution in [3.63, 3.8) is 0 Å². The lowest BCUT2D eigenvalue weighted by molar-refractivity contribution is -0.126. The number of carboxylic acids is 1. The number of rotatable bonds is 8. The minimum atomic E-state index is -1.32. The van der Waals surface area contributed by atoms with E-state index in [1.165, 1.54) is 19.1 Å². The van der Waals surface area contributed by atoms with E-state index in [0.717, 1.165) is 0 Å². The number of carbonyl (C=O) groups is 4. The first kappa shape index (κ1) is 25.5. The molecule has 0 bridgehead atoms. The number of nitrogens with two attached hydrogens (primary N) is 1. The van der Waals surface area contributed by atoms with Gasteiger partial charge in [-0.1, -0.05) is 12.1 Å². The summed E-state index contributed by atoms with van der Waals surface area (Å²) in [5, 5.41) is 14.0. The molecular formula is C22H24N6O6. The first-order chi connectivity index (χ1) is 16.2. The van der Waals surface area contributed by atoms with Crippen molar-refractivity contribution in [1.29, 1.82) is 0 Å². The second kappa shape index (κ2) is 12.3. The predicted molar refractivity (Wildman–Crippen MR) is 123 cm³/mol. The number of carboxylic acid groups (broad SMARTS) is 1. The van der Waals surface area contributed by atoms with Crippen LogP contribution in [-0.4, -0.2) is 49.8 Å². The quantitative estimate of drug-likeness (QED) is 0.281. The molecule has 0 aliphatic heterocycles. The Bertz CT molecular complexity index is 1170. The number of hydrogen-bond acceptors (Lipinski definition) is 6. The second-order valence-electron chi connectivity index (χ2n) is 7.01. The highest BCUT2D eigenvalue weighted by Crippen LogP contribution is 2.19. The summed E-state index contributed by atoms with van der Waals surface area (Å²) in [6.07, 6.45) is 5.09. The van der Waals surface area contributed by atoms with E-state index in [2.05, 4.69) is 25.6 Å². The summed E-state index contributed by atoms with van der Waals surface area (Å²) in [7, 11) is 0. The molecule has 12 heteroatoms. The molecule has 12 nitrogen and oxygen atoms in total. The summed E-state index contributed by atoms with van der Waals surface area (Å²) in [6, 6.07) is 8.17.